The van der Waals surface area contributed by atoms with E-state index in [2.05, 4.69) is 4.98 Å². The number of sulfonamides is 1. The van der Waals surface area contributed by atoms with Crippen LogP contribution in [0.3, 0.4) is 0 Å². The molecule has 0 radical (unpaired) electrons. The van der Waals surface area contributed by atoms with Gasteiger partial charge in [-0.1, -0.05) is 6.92 Å². The summed E-state index contributed by atoms with van der Waals surface area (Å²) in [5.41, 5.74) is -0.0283. The van der Waals surface area contributed by atoms with Crippen molar-refractivity contribution in [2.24, 2.45) is 5.92 Å². The van der Waals surface area contributed by atoms with Crippen LogP contribution in [-0.2, 0) is 10.0 Å². The number of nitriles is 1. The molecule has 0 spiro atoms. The standard InChI is InChI=1S/C13H17N3O2S/c1-2-8-16(10-11-5-6-11)19(17,18)13-4-3-7-15-12(13)9-14/h3-4,7,11H,2,5-6,8,10H2,1H3. The average molecular weight is 279 g/mol. The van der Waals surface area contributed by atoms with Crippen LogP contribution in [0.25, 0.3) is 0 Å². The predicted molar refractivity (Wildman–Crippen MR) is 70.7 cm³/mol. The zero-order chi connectivity index (χ0) is 13.9. The maximum atomic E-state index is 12.6. The molecule has 0 N–H and O–H groups in total. The summed E-state index contributed by atoms with van der Waals surface area (Å²) >= 11 is 0. The van der Waals surface area contributed by atoms with Gasteiger partial charge in [0.15, 0.2) is 5.69 Å². The number of aromatic nitrogens is 1. The molecule has 19 heavy (non-hydrogen) atoms. The third kappa shape index (κ3) is 3.11. The minimum absolute atomic E-state index is 0.0200. The van der Waals surface area contributed by atoms with E-state index in [9.17, 15) is 8.42 Å². The van der Waals surface area contributed by atoms with Crippen molar-refractivity contribution in [2.45, 2.75) is 31.1 Å². The Labute approximate surface area is 113 Å². The summed E-state index contributed by atoms with van der Waals surface area (Å²) in [6, 6.07) is 4.86. The lowest BCUT2D eigenvalue weighted by Gasteiger charge is -2.21. The molecule has 0 amide bonds. The Balaban J connectivity index is 2.35. The van der Waals surface area contributed by atoms with E-state index in [-0.39, 0.29) is 10.6 Å². The Morgan fingerprint density at radius 1 is 1.53 bits per heavy atom. The molecule has 6 heteroatoms. The predicted octanol–water partition coefficient (Wildman–Crippen LogP) is 1.76. The lowest BCUT2D eigenvalue weighted by atomic mass is 10.4. The molecule has 1 aliphatic rings. The van der Waals surface area contributed by atoms with Gasteiger partial charge in [0.25, 0.3) is 0 Å². The van der Waals surface area contributed by atoms with E-state index in [0.29, 0.717) is 19.0 Å². The van der Waals surface area contributed by atoms with Crippen molar-refractivity contribution in [3.8, 4) is 6.07 Å². The van der Waals surface area contributed by atoms with Gasteiger partial charge in [0, 0.05) is 19.3 Å². The first-order valence-corrected chi connectivity index (χ1v) is 7.89. The van der Waals surface area contributed by atoms with Gasteiger partial charge in [-0.3, -0.25) is 0 Å². The van der Waals surface area contributed by atoms with Crippen molar-refractivity contribution in [1.82, 2.24) is 9.29 Å². The van der Waals surface area contributed by atoms with Crippen LogP contribution in [0.5, 0.6) is 0 Å². The summed E-state index contributed by atoms with van der Waals surface area (Å²) in [6.45, 7) is 2.98. The molecule has 0 unspecified atom stereocenters. The molecule has 1 saturated carbocycles. The largest absolute Gasteiger partial charge is 0.245 e. The first kappa shape index (κ1) is 14.0. The first-order chi connectivity index (χ1) is 9.09. The van der Waals surface area contributed by atoms with Crippen LogP contribution < -0.4 is 0 Å². The molecular weight excluding hydrogens is 262 g/mol. The van der Waals surface area contributed by atoms with Gasteiger partial charge < -0.3 is 0 Å². The Morgan fingerprint density at radius 3 is 2.84 bits per heavy atom. The number of hydrogen-bond donors (Lipinski definition) is 0. The maximum Gasteiger partial charge on any atom is 0.245 e. The van der Waals surface area contributed by atoms with Crippen molar-refractivity contribution in [2.75, 3.05) is 13.1 Å². The van der Waals surface area contributed by atoms with Crippen LogP contribution in [0.4, 0.5) is 0 Å². The van der Waals surface area contributed by atoms with Gasteiger partial charge in [-0.2, -0.15) is 9.57 Å². The third-order valence-electron chi connectivity index (χ3n) is 3.13. The summed E-state index contributed by atoms with van der Waals surface area (Å²) in [5, 5.41) is 8.99. The number of pyridine rings is 1. The molecule has 0 aromatic carbocycles. The van der Waals surface area contributed by atoms with Gasteiger partial charge in [0.1, 0.15) is 11.0 Å². The highest BCUT2D eigenvalue weighted by Gasteiger charge is 2.32. The summed E-state index contributed by atoms with van der Waals surface area (Å²) in [5.74, 6) is 0.475. The van der Waals surface area contributed by atoms with E-state index in [4.69, 9.17) is 5.26 Å². The Morgan fingerprint density at radius 2 is 2.26 bits per heavy atom. The second-order valence-corrected chi connectivity index (χ2v) is 6.67. The number of rotatable bonds is 6. The molecule has 2 rings (SSSR count). The van der Waals surface area contributed by atoms with Gasteiger partial charge in [-0.15, -0.1) is 0 Å². The molecule has 1 aliphatic carbocycles. The van der Waals surface area contributed by atoms with Gasteiger partial charge in [0.05, 0.1) is 0 Å². The molecule has 1 fully saturated rings. The van der Waals surface area contributed by atoms with Crippen LogP contribution in [-0.4, -0.2) is 30.8 Å². The van der Waals surface area contributed by atoms with Gasteiger partial charge >= 0.3 is 0 Å². The Kier molecular flexibility index (Phi) is 4.17. The van der Waals surface area contributed by atoms with E-state index >= 15 is 0 Å². The Hall–Kier alpha value is -1.45. The molecule has 1 heterocycles. The van der Waals surface area contributed by atoms with Crippen molar-refractivity contribution >= 4 is 10.0 Å². The average Bonchev–Trinajstić information content (AvgIpc) is 3.22. The van der Waals surface area contributed by atoms with Crippen molar-refractivity contribution in [3.05, 3.63) is 24.0 Å². The monoisotopic (exact) mass is 279 g/mol. The molecule has 102 valence electrons. The van der Waals surface area contributed by atoms with Crippen LogP contribution in [0, 0.1) is 17.2 Å². The molecular formula is C13H17N3O2S. The molecule has 0 atom stereocenters. The van der Waals surface area contributed by atoms with Gasteiger partial charge in [-0.25, -0.2) is 13.4 Å². The summed E-state index contributed by atoms with van der Waals surface area (Å²) < 4.78 is 26.7. The SMILES string of the molecule is CCCN(CC1CC1)S(=O)(=O)c1cccnc1C#N. The van der Waals surface area contributed by atoms with Gasteiger partial charge in [0.2, 0.25) is 10.0 Å². The lowest BCUT2D eigenvalue weighted by molar-refractivity contribution is 0.395. The second kappa shape index (κ2) is 5.68. The topological polar surface area (TPSA) is 74.1 Å². The number of nitrogens with zero attached hydrogens (tertiary/aromatic N) is 3. The van der Waals surface area contributed by atoms with E-state index < -0.39 is 10.0 Å². The summed E-state index contributed by atoms with van der Waals surface area (Å²) in [4.78, 5) is 3.85. The maximum absolute atomic E-state index is 12.6. The first-order valence-electron chi connectivity index (χ1n) is 6.45. The number of hydrogen-bond acceptors (Lipinski definition) is 4. The normalized spacial score (nSPS) is 15.4. The molecule has 1 aromatic rings. The molecule has 0 bridgehead atoms. The minimum atomic E-state index is -3.61. The quantitative estimate of drug-likeness (QED) is 0.795. The highest BCUT2D eigenvalue weighted by Crippen LogP contribution is 2.32. The van der Waals surface area contributed by atoms with Crippen molar-refractivity contribution in [1.29, 1.82) is 5.26 Å². The van der Waals surface area contributed by atoms with Crippen LogP contribution in [0.15, 0.2) is 23.2 Å². The summed E-state index contributed by atoms with van der Waals surface area (Å²) in [6.07, 6.45) is 4.37. The lowest BCUT2D eigenvalue weighted by Crippen LogP contribution is -2.34. The zero-order valence-corrected chi connectivity index (χ0v) is 11.7. The van der Waals surface area contributed by atoms with E-state index in [0.717, 1.165) is 19.3 Å². The minimum Gasteiger partial charge on any atom is -0.244 e. The van der Waals surface area contributed by atoms with Gasteiger partial charge in [-0.05, 0) is 37.3 Å². The summed E-state index contributed by atoms with van der Waals surface area (Å²) in [7, 11) is -3.61. The fourth-order valence-electron chi connectivity index (χ4n) is 1.97. The third-order valence-corrected chi connectivity index (χ3v) is 5.02. The van der Waals surface area contributed by atoms with Crippen LogP contribution in [0.1, 0.15) is 31.9 Å². The Bertz CT molecular complexity index is 588. The smallest absolute Gasteiger partial charge is 0.244 e. The van der Waals surface area contributed by atoms with Crippen LogP contribution in [0.2, 0.25) is 0 Å². The fraction of sp³-hybridized carbons (Fsp3) is 0.538. The highest BCUT2D eigenvalue weighted by molar-refractivity contribution is 7.89. The molecule has 1 aromatic heterocycles. The molecule has 5 nitrogen and oxygen atoms in total. The second-order valence-electron chi connectivity index (χ2n) is 4.77. The molecule has 0 saturated heterocycles. The van der Waals surface area contributed by atoms with Crippen LogP contribution >= 0.6 is 0 Å². The van der Waals surface area contributed by atoms with E-state index in [1.165, 1.54) is 16.6 Å². The molecule has 0 aliphatic heterocycles. The van der Waals surface area contributed by atoms with Crippen molar-refractivity contribution in [3.63, 3.8) is 0 Å². The fourth-order valence-corrected chi connectivity index (χ4v) is 3.67. The zero-order valence-electron chi connectivity index (χ0n) is 10.9. The highest BCUT2D eigenvalue weighted by atomic mass is 32.2. The van der Waals surface area contributed by atoms with E-state index in [1.807, 2.05) is 13.0 Å². The van der Waals surface area contributed by atoms with E-state index in [1.54, 1.807) is 6.07 Å². The van der Waals surface area contributed by atoms with Crippen molar-refractivity contribution < 1.29 is 8.42 Å².